The zero-order valence-corrected chi connectivity index (χ0v) is 16.7. The molecule has 1 amide bonds. The Hall–Kier alpha value is -3.48. The molecule has 3 aromatic rings. The fraction of sp³-hybridized carbons (Fsp3) is 0.273. The van der Waals surface area contributed by atoms with Gasteiger partial charge in [0, 0.05) is 38.5 Å². The molecule has 1 aliphatic heterocycles. The van der Waals surface area contributed by atoms with Gasteiger partial charge in [-0.15, -0.1) is 10.2 Å². The molecule has 2 aromatic heterocycles. The lowest BCUT2D eigenvalue weighted by Gasteiger charge is -2.34. The van der Waals surface area contributed by atoms with Crippen LogP contribution in [0.5, 0.6) is 0 Å². The molecule has 1 aliphatic rings. The van der Waals surface area contributed by atoms with E-state index in [-0.39, 0.29) is 5.91 Å². The first kappa shape index (κ1) is 18.9. The van der Waals surface area contributed by atoms with Crippen LogP contribution in [0.2, 0.25) is 0 Å². The molecule has 0 unspecified atom stereocenters. The molecule has 0 radical (unpaired) electrons. The molecular formula is C22H24N6O. The molecule has 29 heavy (non-hydrogen) atoms. The molecule has 0 saturated carbocycles. The highest BCUT2D eigenvalue weighted by molar-refractivity contribution is 5.92. The first-order valence-electron chi connectivity index (χ1n) is 9.74. The van der Waals surface area contributed by atoms with Crippen molar-refractivity contribution in [2.45, 2.75) is 13.8 Å². The summed E-state index contributed by atoms with van der Waals surface area (Å²) in [6, 6.07) is 13.8. The summed E-state index contributed by atoms with van der Waals surface area (Å²) in [7, 11) is 0. The second-order valence-corrected chi connectivity index (χ2v) is 7.15. The van der Waals surface area contributed by atoms with E-state index in [0.717, 1.165) is 35.7 Å². The molecule has 148 valence electrons. The van der Waals surface area contributed by atoms with Gasteiger partial charge in [0.15, 0.2) is 11.6 Å². The second kappa shape index (κ2) is 8.26. The highest BCUT2D eigenvalue weighted by Gasteiger charge is 2.21. The number of carbonyl (C=O) groups is 1. The Morgan fingerprint density at radius 2 is 1.66 bits per heavy atom. The topological polar surface area (TPSA) is 67.2 Å². The highest BCUT2D eigenvalue weighted by Crippen LogP contribution is 2.15. The summed E-state index contributed by atoms with van der Waals surface area (Å²) in [5, 5.41) is 13.0. The van der Waals surface area contributed by atoms with Crippen LogP contribution in [0, 0.1) is 13.8 Å². The summed E-state index contributed by atoms with van der Waals surface area (Å²) in [6.45, 7) is 6.78. The van der Waals surface area contributed by atoms with E-state index in [0.29, 0.717) is 18.9 Å². The first-order chi connectivity index (χ1) is 14.1. The Morgan fingerprint density at radius 3 is 2.31 bits per heavy atom. The number of hydrogen-bond donors (Lipinski definition) is 0. The number of rotatable bonds is 4. The molecule has 7 heteroatoms. The van der Waals surface area contributed by atoms with Gasteiger partial charge < -0.3 is 9.80 Å². The zero-order chi connectivity index (χ0) is 20.2. The van der Waals surface area contributed by atoms with Gasteiger partial charge in [-0.25, -0.2) is 4.68 Å². The van der Waals surface area contributed by atoms with E-state index in [1.807, 2.05) is 73.5 Å². The summed E-state index contributed by atoms with van der Waals surface area (Å²) in [6.07, 6.45) is 5.43. The van der Waals surface area contributed by atoms with Gasteiger partial charge in [0.1, 0.15) is 0 Å². The van der Waals surface area contributed by atoms with Gasteiger partial charge in [-0.1, -0.05) is 24.3 Å². The molecule has 0 bridgehead atoms. The van der Waals surface area contributed by atoms with Crippen LogP contribution in [0.1, 0.15) is 16.8 Å². The number of amides is 1. The number of aryl methyl sites for hydroxylation is 2. The largest absolute Gasteiger partial charge is 0.352 e. The van der Waals surface area contributed by atoms with Crippen LogP contribution in [0.4, 0.5) is 5.82 Å². The summed E-state index contributed by atoms with van der Waals surface area (Å²) >= 11 is 0. The van der Waals surface area contributed by atoms with Gasteiger partial charge in [-0.2, -0.15) is 5.10 Å². The van der Waals surface area contributed by atoms with Crippen LogP contribution in [0.15, 0.2) is 54.7 Å². The van der Waals surface area contributed by atoms with Gasteiger partial charge in [0.2, 0.25) is 5.91 Å². The van der Waals surface area contributed by atoms with Crippen LogP contribution in [0.25, 0.3) is 11.9 Å². The smallest absolute Gasteiger partial charge is 0.246 e. The van der Waals surface area contributed by atoms with E-state index >= 15 is 0 Å². The molecule has 1 fully saturated rings. The monoisotopic (exact) mass is 388 g/mol. The van der Waals surface area contributed by atoms with Crippen molar-refractivity contribution in [3.05, 3.63) is 71.6 Å². The van der Waals surface area contributed by atoms with E-state index in [9.17, 15) is 4.79 Å². The molecule has 4 rings (SSSR count). The van der Waals surface area contributed by atoms with Crippen LogP contribution < -0.4 is 4.90 Å². The normalized spacial score (nSPS) is 14.6. The third-order valence-corrected chi connectivity index (χ3v) is 5.10. The molecule has 0 N–H and O–H groups in total. The molecule has 1 aromatic carbocycles. The number of benzene rings is 1. The predicted molar refractivity (Wildman–Crippen MR) is 113 cm³/mol. The summed E-state index contributed by atoms with van der Waals surface area (Å²) in [4.78, 5) is 16.5. The van der Waals surface area contributed by atoms with Crippen LogP contribution in [-0.2, 0) is 4.79 Å². The van der Waals surface area contributed by atoms with Crippen molar-refractivity contribution in [3.8, 4) is 5.82 Å². The quantitative estimate of drug-likeness (QED) is 0.643. The third-order valence-electron chi connectivity index (χ3n) is 5.10. The Labute approximate surface area is 170 Å². The second-order valence-electron chi connectivity index (χ2n) is 7.15. The number of piperazine rings is 1. The minimum Gasteiger partial charge on any atom is -0.352 e. The Morgan fingerprint density at radius 1 is 0.931 bits per heavy atom. The summed E-state index contributed by atoms with van der Waals surface area (Å²) in [5.74, 6) is 1.56. The average molecular weight is 388 g/mol. The van der Waals surface area contributed by atoms with Gasteiger partial charge in [-0.3, -0.25) is 4.79 Å². The number of carbonyl (C=O) groups excluding carboxylic acids is 1. The maximum Gasteiger partial charge on any atom is 0.246 e. The van der Waals surface area contributed by atoms with Crippen LogP contribution in [-0.4, -0.2) is 57.0 Å². The van der Waals surface area contributed by atoms with Gasteiger partial charge in [-0.05, 0) is 49.2 Å². The van der Waals surface area contributed by atoms with Crippen molar-refractivity contribution < 1.29 is 4.79 Å². The maximum atomic E-state index is 12.5. The first-order valence-corrected chi connectivity index (χ1v) is 9.74. The van der Waals surface area contributed by atoms with E-state index in [1.165, 1.54) is 0 Å². The standard InChI is InChI=1S/C22H24N6O/c1-17-5-3-4-6-19(17)7-10-22(29)27-15-13-26(14-16-27)20-8-9-21(24-23-20)28-12-11-18(2)25-28/h3-12H,13-16H2,1-2H3/b10-7+. The van der Waals surface area contributed by atoms with Crippen molar-refractivity contribution in [1.29, 1.82) is 0 Å². The molecule has 0 spiro atoms. The Kier molecular flexibility index (Phi) is 5.37. The van der Waals surface area contributed by atoms with Crippen LogP contribution in [0.3, 0.4) is 0 Å². The fourth-order valence-corrected chi connectivity index (χ4v) is 3.35. The van der Waals surface area contributed by atoms with Gasteiger partial charge in [0.25, 0.3) is 0 Å². The summed E-state index contributed by atoms with van der Waals surface area (Å²) < 4.78 is 1.71. The third kappa shape index (κ3) is 4.34. The SMILES string of the molecule is Cc1ccn(-c2ccc(N3CCN(C(=O)/C=C/c4ccccc4C)CC3)nn2)n1. The van der Waals surface area contributed by atoms with Gasteiger partial charge >= 0.3 is 0 Å². The van der Waals surface area contributed by atoms with Crippen molar-refractivity contribution in [2.24, 2.45) is 0 Å². The van der Waals surface area contributed by atoms with Gasteiger partial charge in [0.05, 0.1) is 5.69 Å². The lowest BCUT2D eigenvalue weighted by Crippen LogP contribution is -2.48. The van der Waals surface area contributed by atoms with E-state index in [1.54, 1.807) is 10.8 Å². The minimum absolute atomic E-state index is 0.0448. The number of nitrogens with zero attached hydrogens (tertiary/aromatic N) is 6. The zero-order valence-electron chi connectivity index (χ0n) is 16.7. The molecule has 3 heterocycles. The van der Waals surface area contributed by atoms with Crippen molar-refractivity contribution in [3.63, 3.8) is 0 Å². The number of aromatic nitrogens is 4. The van der Waals surface area contributed by atoms with Crippen molar-refractivity contribution in [2.75, 3.05) is 31.1 Å². The number of hydrogen-bond acceptors (Lipinski definition) is 5. The van der Waals surface area contributed by atoms with E-state index in [2.05, 4.69) is 20.2 Å². The number of anilines is 1. The van der Waals surface area contributed by atoms with E-state index < -0.39 is 0 Å². The molecule has 0 atom stereocenters. The predicted octanol–water partition coefficient (Wildman–Crippen LogP) is 2.64. The van der Waals surface area contributed by atoms with Crippen molar-refractivity contribution >= 4 is 17.8 Å². The molecule has 7 nitrogen and oxygen atoms in total. The Bertz CT molecular complexity index is 1020. The molecular weight excluding hydrogens is 364 g/mol. The lowest BCUT2D eigenvalue weighted by molar-refractivity contribution is -0.126. The molecule has 1 saturated heterocycles. The fourth-order valence-electron chi connectivity index (χ4n) is 3.35. The highest BCUT2D eigenvalue weighted by atomic mass is 16.2. The Balaban J connectivity index is 1.34. The summed E-state index contributed by atoms with van der Waals surface area (Å²) in [5.41, 5.74) is 3.17. The minimum atomic E-state index is 0.0448. The lowest BCUT2D eigenvalue weighted by atomic mass is 10.1. The van der Waals surface area contributed by atoms with Crippen molar-refractivity contribution in [1.82, 2.24) is 24.9 Å². The van der Waals surface area contributed by atoms with Crippen LogP contribution >= 0.6 is 0 Å². The molecule has 0 aliphatic carbocycles. The maximum absolute atomic E-state index is 12.5. The average Bonchev–Trinajstić information content (AvgIpc) is 3.19. The van der Waals surface area contributed by atoms with E-state index in [4.69, 9.17) is 0 Å².